The van der Waals surface area contributed by atoms with Crippen molar-refractivity contribution in [3.63, 3.8) is 0 Å². The second kappa shape index (κ2) is 10.5. The maximum absolute atomic E-state index is 13.6. The van der Waals surface area contributed by atoms with Crippen LogP contribution >= 0.6 is 0 Å². The Balaban J connectivity index is 1.23. The van der Waals surface area contributed by atoms with E-state index in [1.165, 1.54) is 12.8 Å². The third kappa shape index (κ3) is 5.14. The topological polar surface area (TPSA) is 91.4 Å². The minimum atomic E-state index is -0.725. The fourth-order valence-corrected chi connectivity index (χ4v) is 5.79. The number of fused-ring (bicyclic) bond motifs is 1. The molecule has 0 spiro atoms. The smallest absolute Gasteiger partial charge is 0.251 e. The van der Waals surface area contributed by atoms with E-state index in [9.17, 15) is 14.4 Å². The molecule has 5 rings (SSSR count). The lowest BCUT2D eigenvalue weighted by Crippen LogP contribution is -2.52. The van der Waals surface area contributed by atoms with Crippen molar-refractivity contribution in [2.75, 3.05) is 51.3 Å². The van der Waals surface area contributed by atoms with Crippen molar-refractivity contribution in [2.45, 2.75) is 63.4 Å². The highest BCUT2D eigenvalue weighted by Crippen LogP contribution is 2.31. The molecule has 3 saturated heterocycles. The average molecular weight is 499 g/mol. The van der Waals surface area contributed by atoms with Crippen LogP contribution in [0, 0.1) is 5.92 Å². The number of likely N-dealkylation sites (tertiary alicyclic amines) is 1. The van der Waals surface area contributed by atoms with Crippen LogP contribution in [0.5, 0.6) is 0 Å². The van der Waals surface area contributed by atoms with Crippen LogP contribution in [0.25, 0.3) is 0 Å². The van der Waals surface area contributed by atoms with Crippen molar-refractivity contribution < 1.29 is 23.9 Å². The van der Waals surface area contributed by atoms with E-state index in [0.29, 0.717) is 12.0 Å². The summed E-state index contributed by atoms with van der Waals surface area (Å²) in [4.78, 5) is 45.7. The lowest BCUT2D eigenvalue weighted by Gasteiger charge is -2.36. The van der Waals surface area contributed by atoms with Crippen LogP contribution < -0.4 is 10.2 Å². The summed E-state index contributed by atoms with van der Waals surface area (Å²) in [7, 11) is 1.56. The highest BCUT2D eigenvalue weighted by molar-refractivity contribution is 5.99. The molecule has 4 aliphatic rings. The number of nitrogens with zero attached hydrogens (tertiary/aromatic N) is 3. The number of ketones is 1. The van der Waals surface area contributed by atoms with E-state index in [2.05, 4.69) is 15.1 Å². The summed E-state index contributed by atoms with van der Waals surface area (Å²) < 4.78 is 11.1. The van der Waals surface area contributed by atoms with E-state index in [0.717, 1.165) is 37.9 Å². The number of carbonyl (C=O) groups is 3. The van der Waals surface area contributed by atoms with Gasteiger partial charge in [0.25, 0.3) is 5.91 Å². The van der Waals surface area contributed by atoms with Crippen LogP contribution in [0.3, 0.4) is 0 Å². The molecule has 0 bridgehead atoms. The number of hydrogen-bond donors (Lipinski definition) is 1. The summed E-state index contributed by atoms with van der Waals surface area (Å²) in [6.45, 7) is 8.46. The highest BCUT2D eigenvalue weighted by atomic mass is 16.5. The molecule has 0 radical (unpaired) electrons. The van der Waals surface area contributed by atoms with Gasteiger partial charge in [0, 0.05) is 50.6 Å². The molecular formula is C27H38N4O5. The van der Waals surface area contributed by atoms with Crippen LogP contribution in [-0.4, -0.2) is 104 Å². The van der Waals surface area contributed by atoms with Gasteiger partial charge in [0.15, 0.2) is 5.78 Å². The Hall–Kier alpha value is -2.49. The first-order valence-electron chi connectivity index (χ1n) is 13.2. The number of hydrogen-bond acceptors (Lipinski definition) is 7. The molecule has 1 aromatic rings. The Kier molecular flexibility index (Phi) is 7.32. The Bertz CT molecular complexity index is 971. The van der Waals surface area contributed by atoms with E-state index in [-0.39, 0.29) is 42.8 Å². The molecule has 1 aliphatic carbocycles. The van der Waals surface area contributed by atoms with Crippen LogP contribution in [0.15, 0.2) is 24.3 Å². The first kappa shape index (κ1) is 25.2. The number of Topliss-reactive ketones (excluding diaryl/α,β-unsaturated/α-hetero) is 1. The molecule has 1 aromatic carbocycles. The number of rotatable bonds is 8. The molecule has 4 fully saturated rings. The zero-order valence-corrected chi connectivity index (χ0v) is 21.5. The van der Waals surface area contributed by atoms with Crippen molar-refractivity contribution in [2.24, 2.45) is 5.92 Å². The summed E-state index contributed by atoms with van der Waals surface area (Å²) in [5.74, 6) is -0.470. The van der Waals surface area contributed by atoms with Crippen LogP contribution in [0.4, 0.5) is 5.69 Å². The third-order valence-corrected chi connectivity index (χ3v) is 7.91. The molecule has 1 saturated carbocycles. The molecule has 0 aromatic heterocycles. The standard InChI is InChI=1S/C27H38N4O5/c1-17(2)14-21(27(34)31-15-23(35-3)25-24(31)22(32)16-36-25)28-26(33)18-4-6-19(7-5-18)29-10-12-30(13-11-29)20-8-9-20/h4-7,17,20-21,23-25H,8-16H2,1-3H3,(H,28,33)/t21?,23-,24+,25+/m0/s1. The Morgan fingerprint density at radius 3 is 2.42 bits per heavy atom. The minimum absolute atomic E-state index is 0.0117. The van der Waals surface area contributed by atoms with Gasteiger partial charge in [-0.3, -0.25) is 19.3 Å². The lowest BCUT2D eigenvalue weighted by molar-refractivity contribution is -0.138. The van der Waals surface area contributed by atoms with E-state index in [4.69, 9.17) is 9.47 Å². The van der Waals surface area contributed by atoms with Crippen LogP contribution in [0.1, 0.15) is 43.5 Å². The molecule has 36 heavy (non-hydrogen) atoms. The number of amides is 2. The van der Waals surface area contributed by atoms with Crippen molar-refractivity contribution in [1.29, 1.82) is 0 Å². The average Bonchev–Trinajstić information content (AvgIpc) is 3.57. The Morgan fingerprint density at radius 1 is 1.11 bits per heavy atom. The molecule has 9 nitrogen and oxygen atoms in total. The quantitative estimate of drug-likeness (QED) is 0.578. The van der Waals surface area contributed by atoms with Gasteiger partial charge in [0.05, 0.1) is 6.54 Å². The molecule has 1 N–H and O–H groups in total. The minimum Gasteiger partial charge on any atom is -0.377 e. The van der Waals surface area contributed by atoms with Crippen LogP contribution in [-0.2, 0) is 19.1 Å². The summed E-state index contributed by atoms with van der Waals surface area (Å²) in [6, 6.07) is 7.07. The first-order valence-corrected chi connectivity index (χ1v) is 13.2. The van der Waals surface area contributed by atoms with Gasteiger partial charge in [-0.25, -0.2) is 0 Å². The molecule has 196 valence electrons. The number of anilines is 1. The fraction of sp³-hybridized carbons (Fsp3) is 0.667. The molecule has 4 atom stereocenters. The number of methoxy groups -OCH3 is 1. The van der Waals surface area contributed by atoms with E-state index < -0.39 is 18.2 Å². The van der Waals surface area contributed by atoms with Gasteiger partial charge < -0.3 is 24.6 Å². The molecule has 9 heteroatoms. The lowest BCUT2D eigenvalue weighted by atomic mass is 10.0. The van der Waals surface area contributed by atoms with Gasteiger partial charge in [0.1, 0.15) is 30.9 Å². The van der Waals surface area contributed by atoms with Crippen molar-refractivity contribution >= 4 is 23.3 Å². The number of nitrogens with one attached hydrogen (secondary N) is 1. The van der Waals surface area contributed by atoms with Crippen molar-refractivity contribution in [1.82, 2.24) is 15.1 Å². The zero-order valence-electron chi connectivity index (χ0n) is 21.5. The van der Waals surface area contributed by atoms with E-state index >= 15 is 0 Å². The molecular weight excluding hydrogens is 460 g/mol. The first-order chi connectivity index (χ1) is 17.4. The number of benzene rings is 1. The SMILES string of the molecule is CO[C@H]1CN(C(=O)C(CC(C)C)NC(=O)c2ccc(N3CCN(C4CC4)CC3)cc2)[C@@H]2C(=O)CO[C@H]12. The number of ether oxygens (including phenoxy) is 2. The second-order valence-electron chi connectivity index (χ2n) is 10.9. The summed E-state index contributed by atoms with van der Waals surface area (Å²) in [6.07, 6.45) is 2.36. The van der Waals surface area contributed by atoms with Gasteiger partial charge in [-0.1, -0.05) is 13.8 Å². The van der Waals surface area contributed by atoms with Gasteiger partial charge in [-0.2, -0.15) is 0 Å². The van der Waals surface area contributed by atoms with E-state index in [1.54, 1.807) is 12.0 Å². The summed E-state index contributed by atoms with van der Waals surface area (Å²) in [5.41, 5.74) is 1.64. The molecule has 3 heterocycles. The molecule has 3 aliphatic heterocycles. The maximum Gasteiger partial charge on any atom is 0.251 e. The maximum atomic E-state index is 13.6. The predicted molar refractivity (Wildman–Crippen MR) is 135 cm³/mol. The number of carbonyl (C=O) groups excluding carboxylic acids is 3. The van der Waals surface area contributed by atoms with Crippen molar-refractivity contribution in [3.05, 3.63) is 29.8 Å². The van der Waals surface area contributed by atoms with E-state index in [1.807, 2.05) is 38.1 Å². The monoisotopic (exact) mass is 498 g/mol. The van der Waals surface area contributed by atoms with Gasteiger partial charge in [-0.05, 0) is 49.4 Å². The van der Waals surface area contributed by atoms with Gasteiger partial charge in [0.2, 0.25) is 5.91 Å². The second-order valence-corrected chi connectivity index (χ2v) is 10.9. The van der Waals surface area contributed by atoms with Crippen LogP contribution in [0.2, 0.25) is 0 Å². The highest BCUT2D eigenvalue weighted by Gasteiger charge is 2.53. The molecule has 1 unspecified atom stereocenters. The zero-order chi connectivity index (χ0) is 25.4. The Labute approximate surface area is 213 Å². The summed E-state index contributed by atoms with van der Waals surface area (Å²) in [5, 5.41) is 2.95. The molecule has 2 amide bonds. The predicted octanol–water partition coefficient (Wildman–Crippen LogP) is 1.31. The van der Waals surface area contributed by atoms with Gasteiger partial charge >= 0.3 is 0 Å². The normalized spacial score (nSPS) is 27.4. The fourth-order valence-electron chi connectivity index (χ4n) is 5.79. The van der Waals surface area contributed by atoms with Crippen molar-refractivity contribution in [3.8, 4) is 0 Å². The number of piperazine rings is 1. The Morgan fingerprint density at radius 2 is 1.81 bits per heavy atom. The summed E-state index contributed by atoms with van der Waals surface area (Å²) >= 11 is 0. The third-order valence-electron chi connectivity index (χ3n) is 7.91. The largest absolute Gasteiger partial charge is 0.377 e. The van der Waals surface area contributed by atoms with Gasteiger partial charge in [-0.15, -0.1) is 0 Å².